The minimum absolute atomic E-state index is 0.322. The highest BCUT2D eigenvalue weighted by Crippen LogP contribution is 2.25. The van der Waals surface area contributed by atoms with Gasteiger partial charge >= 0.3 is 5.97 Å². The minimum atomic E-state index is -0.956. The van der Waals surface area contributed by atoms with E-state index in [1.54, 1.807) is 6.92 Å². The zero-order valence-electron chi connectivity index (χ0n) is 19.0. The third kappa shape index (κ3) is 6.14. The van der Waals surface area contributed by atoms with E-state index in [2.05, 4.69) is 4.98 Å². The molecule has 176 valence electrons. The summed E-state index contributed by atoms with van der Waals surface area (Å²) in [4.78, 5) is 15.7. The van der Waals surface area contributed by atoms with Crippen molar-refractivity contribution in [1.82, 2.24) is 4.98 Å². The Balaban J connectivity index is 1.19. The Morgan fingerprint density at radius 1 is 0.941 bits per heavy atom. The van der Waals surface area contributed by atoms with Gasteiger partial charge in [0, 0.05) is 25.0 Å². The molecule has 0 unspecified atom stereocenters. The first-order valence-electron chi connectivity index (χ1n) is 11.3. The second-order valence-corrected chi connectivity index (χ2v) is 7.69. The number of rotatable bonds is 12. The number of hydrogen-bond acceptors (Lipinski definition) is 6. The number of aliphatic carboxylic acids is 1. The fourth-order valence-corrected chi connectivity index (χ4v) is 3.48. The molecule has 4 aromatic rings. The molecule has 0 aliphatic heterocycles. The number of aromatic nitrogens is 1. The van der Waals surface area contributed by atoms with Gasteiger partial charge in [0.15, 0.2) is 11.7 Å². The molecule has 0 radical (unpaired) electrons. The summed E-state index contributed by atoms with van der Waals surface area (Å²) < 4.78 is 22.6. The largest absolute Gasteiger partial charge is 0.493 e. The van der Waals surface area contributed by atoms with Crippen LogP contribution in [0.3, 0.4) is 0 Å². The molecule has 1 N–H and O–H groups in total. The van der Waals surface area contributed by atoms with Crippen molar-refractivity contribution in [2.75, 3.05) is 19.8 Å². The molecular formula is C27H27NO6. The maximum absolute atomic E-state index is 11.2. The van der Waals surface area contributed by atoms with Crippen molar-refractivity contribution in [3.8, 4) is 23.0 Å². The highest BCUT2D eigenvalue weighted by molar-refractivity contribution is 5.76. The molecule has 1 atom stereocenters. The van der Waals surface area contributed by atoms with E-state index in [0.29, 0.717) is 32.1 Å². The molecule has 0 saturated heterocycles. The van der Waals surface area contributed by atoms with Gasteiger partial charge in [0.25, 0.3) is 0 Å². The van der Waals surface area contributed by atoms with Crippen LogP contribution in [0.25, 0.3) is 22.6 Å². The maximum Gasteiger partial charge on any atom is 0.333 e. The molecule has 4 rings (SSSR count). The van der Waals surface area contributed by atoms with Crippen LogP contribution in [-0.4, -0.2) is 42.0 Å². The van der Waals surface area contributed by atoms with Gasteiger partial charge in [-0.15, -0.1) is 0 Å². The van der Waals surface area contributed by atoms with E-state index >= 15 is 0 Å². The van der Waals surface area contributed by atoms with Gasteiger partial charge in [-0.25, -0.2) is 9.78 Å². The Morgan fingerprint density at radius 3 is 2.21 bits per heavy atom. The first-order chi connectivity index (χ1) is 16.6. The van der Waals surface area contributed by atoms with E-state index in [1.165, 1.54) is 0 Å². The predicted octanol–water partition coefficient (Wildman–Crippen LogP) is 5.37. The van der Waals surface area contributed by atoms with Crippen LogP contribution in [0.4, 0.5) is 0 Å². The number of fused-ring (bicyclic) bond motifs is 1. The van der Waals surface area contributed by atoms with E-state index < -0.39 is 12.1 Å². The van der Waals surface area contributed by atoms with E-state index in [9.17, 15) is 9.90 Å². The molecule has 7 heteroatoms. The van der Waals surface area contributed by atoms with Crippen LogP contribution in [0, 0.1) is 0 Å². The fraction of sp³-hybridized carbons (Fsp3) is 0.259. The molecule has 0 aliphatic rings. The molecule has 0 fully saturated rings. The Hall–Kier alpha value is -3.84. The molecule has 0 bridgehead atoms. The maximum atomic E-state index is 11.2. The van der Waals surface area contributed by atoms with Gasteiger partial charge in [0.05, 0.1) is 13.2 Å². The number of benzene rings is 3. The molecule has 7 nitrogen and oxygen atoms in total. The van der Waals surface area contributed by atoms with Gasteiger partial charge in [-0.1, -0.05) is 24.3 Å². The van der Waals surface area contributed by atoms with E-state index in [0.717, 1.165) is 40.1 Å². The first-order valence-corrected chi connectivity index (χ1v) is 11.3. The molecule has 0 spiro atoms. The molecule has 3 aromatic carbocycles. The summed E-state index contributed by atoms with van der Waals surface area (Å²) in [6.07, 6.45) is 0.209. The standard InChI is InChI=1S/C27H27NO6/c1-2-31-25(27(29)30)18-19-8-12-21(13-9-19)32-16-5-17-33-22-14-10-20(11-15-22)26-28-23-6-3-4-7-24(23)34-26/h3-4,6-15,25H,2,5,16-18H2,1H3,(H,29,30)/t25-/m0/s1. The van der Waals surface area contributed by atoms with Crippen molar-refractivity contribution in [3.63, 3.8) is 0 Å². The van der Waals surface area contributed by atoms with Crippen LogP contribution in [0.2, 0.25) is 0 Å². The first kappa shape index (κ1) is 23.3. The molecule has 0 saturated carbocycles. The Kier molecular flexibility index (Phi) is 7.78. The van der Waals surface area contributed by atoms with Crippen molar-refractivity contribution >= 4 is 17.1 Å². The summed E-state index contributed by atoms with van der Waals surface area (Å²) in [6, 6.07) is 22.7. The fourth-order valence-electron chi connectivity index (χ4n) is 3.48. The zero-order chi connectivity index (χ0) is 23.8. The third-order valence-electron chi connectivity index (χ3n) is 5.21. The molecule has 34 heavy (non-hydrogen) atoms. The minimum Gasteiger partial charge on any atom is -0.493 e. The average Bonchev–Trinajstić information content (AvgIpc) is 3.29. The van der Waals surface area contributed by atoms with Crippen molar-refractivity contribution in [2.45, 2.75) is 25.9 Å². The number of para-hydroxylation sites is 2. The van der Waals surface area contributed by atoms with Crippen LogP contribution in [0.15, 0.2) is 77.2 Å². The van der Waals surface area contributed by atoms with Gasteiger partial charge in [-0.3, -0.25) is 0 Å². The lowest BCUT2D eigenvalue weighted by molar-refractivity contribution is -0.149. The molecule has 1 heterocycles. The van der Waals surface area contributed by atoms with Gasteiger partial charge in [-0.05, 0) is 61.0 Å². The lowest BCUT2D eigenvalue weighted by Gasteiger charge is -2.13. The highest BCUT2D eigenvalue weighted by atomic mass is 16.5. The summed E-state index contributed by atoms with van der Waals surface area (Å²) in [5.74, 6) is 1.13. The van der Waals surface area contributed by atoms with Crippen LogP contribution in [-0.2, 0) is 16.0 Å². The Bertz CT molecular complexity index is 1170. The van der Waals surface area contributed by atoms with Gasteiger partial charge in [0.2, 0.25) is 5.89 Å². The number of carboxylic acid groups (broad SMARTS) is 1. The second kappa shape index (κ2) is 11.3. The van der Waals surface area contributed by atoms with Crippen molar-refractivity contribution in [2.24, 2.45) is 0 Å². The van der Waals surface area contributed by atoms with Crippen LogP contribution in [0.5, 0.6) is 11.5 Å². The van der Waals surface area contributed by atoms with Crippen LogP contribution < -0.4 is 9.47 Å². The molecule has 1 aromatic heterocycles. The number of nitrogens with zero attached hydrogens (tertiary/aromatic N) is 1. The zero-order valence-corrected chi connectivity index (χ0v) is 19.0. The van der Waals surface area contributed by atoms with E-state index in [4.69, 9.17) is 18.6 Å². The molecule has 0 aliphatic carbocycles. The van der Waals surface area contributed by atoms with Crippen LogP contribution in [0.1, 0.15) is 18.9 Å². The van der Waals surface area contributed by atoms with Gasteiger partial charge < -0.3 is 23.7 Å². The lowest BCUT2D eigenvalue weighted by Crippen LogP contribution is -2.26. The average molecular weight is 462 g/mol. The van der Waals surface area contributed by atoms with Crippen LogP contribution >= 0.6 is 0 Å². The van der Waals surface area contributed by atoms with Gasteiger partial charge in [-0.2, -0.15) is 0 Å². The number of oxazole rings is 1. The quantitative estimate of drug-likeness (QED) is 0.283. The lowest BCUT2D eigenvalue weighted by atomic mass is 10.1. The van der Waals surface area contributed by atoms with Crippen molar-refractivity contribution < 1.29 is 28.5 Å². The van der Waals surface area contributed by atoms with Crippen molar-refractivity contribution in [3.05, 3.63) is 78.4 Å². The van der Waals surface area contributed by atoms with Gasteiger partial charge in [0.1, 0.15) is 17.0 Å². The molecular weight excluding hydrogens is 434 g/mol. The summed E-state index contributed by atoms with van der Waals surface area (Å²) in [7, 11) is 0. The summed E-state index contributed by atoms with van der Waals surface area (Å²) in [5.41, 5.74) is 3.38. The van der Waals surface area contributed by atoms with E-state index in [-0.39, 0.29) is 0 Å². The number of carbonyl (C=O) groups is 1. The molecule has 0 amide bonds. The number of ether oxygens (including phenoxy) is 3. The SMILES string of the molecule is CCO[C@@H](Cc1ccc(OCCCOc2ccc(-c3nc4ccccc4o3)cc2)cc1)C(=O)O. The predicted molar refractivity (Wildman–Crippen MR) is 128 cm³/mol. The number of carboxylic acids is 1. The number of hydrogen-bond donors (Lipinski definition) is 1. The monoisotopic (exact) mass is 461 g/mol. The van der Waals surface area contributed by atoms with E-state index in [1.807, 2.05) is 72.8 Å². The normalized spacial score (nSPS) is 11.9. The Labute approximate surface area is 197 Å². The topological polar surface area (TPSA) is 91.0 Å². The summed E-state index contributed by atoms with van der Waals surface area (Å²) >= 11 is 0. The smallest absolute Gasteiger partial charge is 0.333 e. The van der Waals surface area contributed by atoms with Crippen molar-refractivity contribution in [1.29, 1.82) is 0 Å². The Morgan fingerprint density at radius 2 is 1.59 bits per heavy atom. The third-order valence-corrected chi connectivity index (χ3v) is 5.21. The highest BCUT2D eigenvalue weighted by Gasteiger charge is 2.17. The second-order valence-electron chi connectivity index (χ2n) is 7.69. The summed E-state index contributed by atoms with van der Waals surface area (Å²) in [6.45, 7) is 3.18. The summed E-state index contributed by atoms with van der Waals surface area (Å²) in [5, 5.41) is 9.19.